The van der Waals surface area contributed by atoms with E-state index >= 15 is 0 Å². The predicted molar refractivity (Wildman–Crippen MR) is 106 cm³/mol. The van der Waals surface area contributed by atoms with Crippen molar-refractivity contribution >= 4 is 18.0 Å². The van der Waals surface area contributed by atoms with E-state index in [9.17, 15) is 14.4 Å². The summed E-state index contributed by atoms with van der Waals surface area (Å²) in [5.41, 5.74) is 0.415. The minimum atomic E-state index is -0.628. The third kappa shape index (κ3) is 6.36. The van der Waals surface area contributed by atoms with Crippen molar-refractivity contribution in [3.05, 3.63) is 35.9 Å². The van der Waals surface area contributed by atoms with E-state index in [4.69, 9.17) is 9.47 Å². The molecule has 2 amide bonds. The fourth-order valence-electron chi connectivity index (χ4n) is 3.31. The first kappa shape index (κ1) is 21.9. The number of unbranched alkanes of at least 4 members (excludes halogenated alkanes) is 1. The SMILES string of the molecule is CCCC[C@H](CC(=O)OC(C)(C)C)C(=O)N1C(=O)OCC1Cc1ccccc1. The number of hydrogen-bond acceptors (Lipinski definition) is 5. The minimum absolute atomic E-state index is 0.0298. The van der Waals surface area contributed by atoms with Gasteiger partial charge in [0.2, 0.25) is 5.91 Å². The third-order valence-corrected chi connectivity index (χ3v) is 4.60. The number of nitrogens with zero attached hydrogens (tertiary/aromatic N) is 1. The number of benzene rings is 1. The summed E-state index contributed by atoms with van der Waals surface area (Å²) in [6.07, 6.45) is 2.11. The average molecular weight is 389 g/mol. The number of ether oxygens (including phenoxy) is 2. The highest BCUT2D eigenvalue weighted by Crippen LogP contribution is 2.25. The molecular weight excluding hydrogens is 358 g/mol. The molecule has 0 aliphatic carbocycles. The van der Waals surface area contributed by atoms with Crippen molar-refractivity contribution in [3.63, 3.8) is 0 Å². The van der Waals surface area contributed by atoms with Crippen LogP contribution in [0.4, 0.5) is 4.79 Å². The van der Waals surface area contributed by atoms with Crippen LogP contribution in [0.25, 0.3) is 0 Å². The maximum absolute atomic E-state index is 13.2. The highest BCUT2D eigenvalue weighted by molar-refractivity contribution is 5.96. The van der Waals surface area contributed by atoms with Gasteiger partial charge < -0.3 is 9.47 Å². The number of hydrogen-bond donors (Lipinski definition) is 0. The van der Waals surface area contributed by atoms with Gasteiger partial charge in [-0.1, -0.05) is 50.1 Å². The predicted octanol–water partition coefficient (Wildman–Crippen LogP) is 4.11. The summed E-state index contributed by atoms with van der Waals surface area (Å²) in [5, 5.41) is 0. The molecular formula is C22H31NO5. The van der Waals surface area contributed by atoms with Crippen molar-refractivity contribution in [1.29, 1.82) is 0 Å². The van der Waals surface area contributed by atoms with Gasteiger partial charge in [0.05, 0.1) is 12.5 Å². The van der Waals surface area contributed by atoms with Gasteiger partial charge in [-0.2, -0.15) is 0 Å². The molecule has 0 bridgehead atoms. The zero-order valence-corrected chi connectivity index (χ0v) is 17.3. The van der Waals surface area contributed by atoms with Crippen LogP contribution < -0.4 is 0 Å². The number of carbonyl (C=O) groups excluding carboxylic acids is 3. The molecule has 2 atom stereocenters. The van der Waals surface area contributed by atoms with Gasteiger partial charge in [-0.3, -0.25) is 9.59 Å². The number of amides is 2. The Morgan fingerprint density at radius 3 is 2.54 bits per heavy atom. The first-order valence-corrected chi connectivity index (χ1v) is 9.97. The summed E-state index contributed by atoms with van der Waals surface area (Å²) in [6.45, 7) is 7.58. The first-order valence-electron chi connectivity index (χ1n) is 9.97. The van der Waals surface area contributed by atoms with Crippen LogP contribution in [0.1, 0.15) is 58.9 Å². The number of esters is 1. The number of rotatable bonds is 8. The van der Waals surface area contributed by atoms with Crippen molar-refractivity contribution < 1.29 is 23.9 Å². The summed E-state index contributed by atoms with van der Waals surface area (Å²) in [6, 6.07) is 9.33. The molecule has 1 saturated heterocycles. The summed E-state index contributed by atoms with van der Waals surface area (Å²) < 4.78 is 10.5. The Labute approximate surface area is 167 Å². The van der Waals surface area contributed by atoms with Gasteiger partial charge in [-0.25, -0.2) is 9.69 Å². The van der Waals surface area contributed by atoms with Crippen molar-refractivity contribution in [3.8, 4) is 0 Å². The number of cyclic esters (lactones) is 1. The average Bonchev–Trinajstić information content (AvgIpc) is 2.97. The van der Waals surface area contributed by atoms with Gasteiger partial charge in [0.25, 0.3) is 0 Å². The first-order chi connectivity index (χ1) is 13.2. The Morgan fingerprint density at radius 1 is 1.25 bits per heavy atom. The molecule has 6 nitrogen and oxygen atoms in total. The van der Waals surface area contributed by atoms with E-state index in [0.717, 1.165) is 18.4 Å². The Balaban J connectivity index is 2.13. The molecule has 0 radical (unpaired) electrons. The lowest BCUT2D eigenvalue weighted by Gasteiger charge is -2.26. The topological polar surface area (TPSA) is 72.9 Å². The molecule has 154 valence electrons. The lowest BCUT2D eigenvalue weighted by molar-refractivity contribution is -0.158. The highest BCUT2D eigenvalue weighted by atomic mass is 16.6. The van der Waals surface area contributed by atoms with E-state index in [1.165, 1.54) is 4.90 Å². The second kappa shape index (κ2) is 9.71. The lowest BCUT2D eigenvalue weighted by Crippen LogP contribution is -2.44. The van der Waals surface area contributed by atoms with Crippen molar-refractivity contribution in [2.24, 2.45) is 5.92 Å². The molecule has 1 aliphatic heterocycles. The van der Waals surface area contributed by atoms with E-state index in [-0.39, 0.29) is 25.0 Å². The molecule has 28 heavy (non-hydrogen) atoms. The monoisotopic (exact) mass is 389 g/mol. The van der Waals surface area contributed by atoms with Gasteiger partial charge in [0, 0.05) is 5.92 Å². The van der Waals surface area contributed by atoms with Gasteiger partial charge in [0.15, 0.2) is 0 Å². The van der Waals surface area contributed by atoms with Crippen LogP contribution in [-0.4, -0.2) is 41.1 Å². The standard InChI is InChI=1S/C22H31NO5/c1-5-6-12-17(14-19(24)28-22(2,3)4)20(25)23-18(15-27-21(23)26)13-16-10-8-7-9-11-16/h7-11,17-18H,5-6,12-15H2,1-4H3/t17-,18?/m1/s1. The molecule has 0 saturated carbocycles. The third-order valence-electron chi connectivity index (χ3n) is 4.60. The molecule has 1 unspecified atom stereocenters. The van der Waals surface area contributed by atoms with E-state index in [2.05, 4.69) is 0 Å². The van der Waals surface area contributed by atoms with Crippen LogP contribution >= 0.6 is 0 Å². The maximum atomic E-state index is 13.2. The summed E-state index contributed by atoms with van der Waals surface area (Å²) in [5.74, 6) is -1.35. The van der Waals surface area contributed by atoms with Crippen LogP contribution in [0.5, 0.6) is 0 Å². The van der Waals surface area contributed by atoms with Crippen molar-refractivity contribution in [2.45, 2.75) is 71.4 Å². The quantitative estimate of drug-likeness (QED) is 0.626. The largest absolute Gasteiger partial charge is 0.460 e. The fourth-order valence-corrected chi connectivity index (χ4v) is 3.31. The van der Waals surface area contributed by atoms with Crippen LogP contribution in [0.15, 0.2) is 30.3 Å². The Hall–Kier alpha value is -2.37. The molecule has 1 aliphatic rings. The van der Waals surface area contributed by atoms with Crippen LogP contribution in [-0.2, 0) is 25.5 Å². The molecule has 1 aromatic carbocycles. The molecule has 1 aromatic rings. The second-order valence-electron chi connectivity index (χ2n) is 8.26. The van der Waals surface area contributed by atoms with Crippen LogP contribution in [0, 0.1) is 5.92 Å². The minimum Gasteiger partial charge on any atom is -0.460 e. The Bertz CT molecular complexity index is 680. The molecule has 1 fully saturated rings. The van der Waals surface area contributed by atoms with Crippen LogP contribution in [0.3, 0.4) is 0 Å². The van der Waals surface area contributed by atoms with Crippen molar-refractivity contribution in [1.82, 2.24) is 4.90 Å². The van der Waals surface area contributed by atoms with E-state index in [0.29, 0.717) is 12.8 Å². The summed E-state index contributed by atoms with van der Waals surface area (Å²) in [4.78, 5) is 39.0. The number of carbonyl (C=O) groups is 3. The Kier molecular flexibility index (Phi) is 7.61. The number of imide groups is 1. The van der Waals surface area contributed by atoms with Gasteiger partial charge in [0.1, 0.15) is 12.2 Å². The molecule has 2 rings (SSSR count). The lowest BCUT2D eigenvalue weighted by atomic mass is 9.95. The molecule has 6 heteroatoms. The summed E-state index contributed by atoms with van der Waals surface area (Å²) >= 11 is 0. The van der Waals surface area contributed by atoms with Gasteiger partial charge in [-0.15, -0.1) is 0 Å². The van der Waals surface area contributed by atoms with Gasteiger partial charge >= 0.3 is 12.1 Å². The second-order valence-corrected chi connectivity index (χ2v) is 8.26. The molecule has 1 heterocycles. The smallest absolute Gasteiger partial charge is 0.416 e. The molecule has 0 spiro atoms. The van der Waals surface area contributed by atoms with Crippen LogP contribution in [0.2, 0.25) is 0 Å². The highest BCUT2D eigenvalue weighted by Gasteiger charge is 2.41. The fraction of sp³-hybridized carbons (Fsp3) is 0.591. The van der Waals surface area contributed by atoms with Gasteiger partial charge in [-0.05, 0) is 39.2 Å². The zero-order chi connectivity index (χ0) is 20.7. The molecule has 0 N–H and O–H groups in total. The van der Waals surface area contributed by atoms with E-state index < -0.39 is 23.6 Å². The van der Waals surface area contributed by atoms with Crippen molar-refractivity contribution in [2.75, 3.05) is 6.61 Å². The zero-order valence-electron chi connectivity index (χ0n) is 17.3. The van der Waals surface area contributed by atoms with E-state index in [1.807, 2.05) is 37.3 Å². The molecule has 0 aromatic heterocycles. The normalized spacial score (nSPS) is 17.9. The maximum Gasteiger partial charge on any atom is 0.416 e. The summed E-state index contributed by atoms with van der Waals surface area (Å²) in [7, 11) is 0. The Morgan fingerprint density at radius 2 is 1.93 bits per heavy atom. The van der Waals surface area contributed by atoms with E-state index in [1.54, 1.807) is 20.8 Å².